The highest BCUT2D eigenvalue weighted by Crippen LogP contribution is 2.13. The number of ether oxygens (including phenoxy) is 1. The van der Waals surface area contributed by atoms with E-state index in [0.717, 1.165) is 6.54 Å². The molecule has 1 aromatic rings. The number of hydrogen-bond acceptors (Lipinski definition) is 6. The van der Waals surface area contributed by atoms with E-state index in [-0.39, 0.29) is 5.69 Å². The minimum absolute atomic E-state index is 0.187. The van der Waals surface area contributed by atoms with Crippen LogP contribution in [0.15, 0.2) is 10.7 Å². The van der Waals surface area contributed by atoms with Crippen molar-refractivity contribution >= 4 is 12.0 Å². The number of nitrogens with zero attached hydrogens (tertiary/aromatic N) is 2. The summed E-state index contributed by atoms with van der Waals surface area (Å²) in [6.45, 7) is 5.89. The standard InChI is InChI=1S/C10H17N3O3/c1-3-13(6-5-11)10-12-8(7-16-10)9(14)15-4-2/h7H,3-6,11H2,1-2H3. The van der Waals surface area contributed by atoms with Gasteiger partial charge in [0.15, 0.2) is 5.69 Å². The van der Waals surface area contributed by atoms with Crippen LogP contribution >= 0.6 is 0 Å². The Morgan fingerprint density at radius 3 is 2.94 bits per heavy atom. The molecular weight excluding hydrogens is 210 g/mol. The van der Waals surface area contributed by atoms with Gasteiger partial charge < -0.3 is 19.8 Å². The van der Waals surface area contributed by atoms with Crippen molar-refractivity contribution in [1.82, 2.24) is 4.98 Å². The number of likely N-dealkylation sites (N-methyl/N-ethyl adjacent to an activating group) is 1. The average Bonchev–Trinajstić information content (AvgIpc) is 2.75. The summed E-state index contributed by atoms with van der Waals surface area (Å²) in [5.41, 5.74) is 5.64. The van der Waals surface area contributed by atoms with Crippen molar-refractivity contribution in [2.24, 2.45) is 5.73 Å². The third-order valence-electron chi connectivity index (χ3n) is 2.03. The number of nitrogens with two attached hydrogens (primary N) is 1. The van der Waals surface area contributed by atoms with E-state index in [1.807, 2.05) is 11.8 Å². The quantitative estimate of drug-likeness (QED) is 0.718. The molecule has 0 aromatic carbocycles. The molecule has 1 heterocycles. The maximum absolute atomic E-state index is 11.3. The number of anilines is 1. The summed E-state index contributed by atoms with van der Waals surface area (Å²) in [7, 11) is 0. The second-order valence-corrected chi connectivity index (χ2v) is 3.10. The largest absolute Gasteiger partial charge is 0.461 e. The Labute approximate surface area is 94.4 Å². The molecule has 0 aliphatic heterocycles. The predicted molar refractivity (Wildman–Crippen MR) is 59.4 cm³/mol. The molecule has 1 rings (SSSR count). The molecule has 0 amide bonds. The van der Waals surface area contributed by atoms with Crippen LogP contribution in [0.4, 0.5) is 6.01 Å². The van der Waals surface area contributed by atoms with Gasteiger partial charge in [-0.05, 0) is 13.8 Å². The van der Waals surface area contributed by atoms with Crippen LogP contribution in [0, 0.1) is 0 Å². The Hall–Kier alpha value is -1.56. The summed E-state index contributed by atoms with van der Waals surface area (Å²) in [4.78, 5) is 17.2. The fourth-order valence-corrected chi connectivity index (χ4v) is 1.25. The Morgan fingerprint density at radius 1 is 1.62 bits per heavy atom. The number of hydrogen-bond donors (Lipinski definition) is 1. The van der Waals surface area contributed by atoms with Gasteiger partial charge in [0.25, 0.3) is 6.01 Å². The van der Waals surface area contributed by atoms with Crippen molar-refractivity contribution in [3.63, 3.8) is 0 Å². The van der Waals surface area contributed by atoms with E-state index in [1.54, 1.807) is 6.92 Å². The van der Waals surface area contributed by atoms with Crippen LogP contribution in [-0.4, -0.2) is 37.2 Å². The van der Waals surface area contributed by atoms with Crippen LogP contribution in [0.25, 0.3) is 0 Å². The van der Waals surface area contributed by atoms with Gasteiger partial charge in [0.05, 0.1) is 6.61 Å². The number of carbonyl (C=O) groups is 1. The maximum atomic E-state index is 11.3. The third-order valence-corrected chi connectivity index (χ3v) is 2.03. The molecule has 0 radical (unpaired) electrons. The van der Waals surface area contributed by atoms with Crippen molar-refractivity contribution in [2.45, 2.75) is 13.8 Å². The van der Waals surface area contributed by atoms with Crippen LogP contribution in [0.1, 0.15) is 24.3 Å². The molecule has 0 unspecified atom stereocenters. The topological polar surface area (TPSA) is 81.6 Å². The van der Waals surface area contributed by atoms with Gasteiger partial charge in [-0.15, -0.1) is 0 Å². The first kappa shape index (κ1) is 12.5. The first-order valence-electron chi connectivity index (χ1n) is 5.30. The number of oxazole rings is 1. The van der Waals surface area contributed by atoms with E-state index < -0.39 is 5.97 Å². The molecule has 0 aliphatic carbocycles. The van der Waals surface area contributed by atoms with Crippen molar-refractivity contribution in [3.8, 4) is 0 Å². The molecule has 0 bridgehead atoms. The fraction of sp³-hybridized carbons (Fsp3) is 0.600. The van der Waals surface area contributed by atoms with Gasteiger partial charge >= 0.3 is 5.97 Å². The highest BCUT2D eigenvalue weighted by atomic mass is 16.5. The fourth-order valence-electron chi connectivity index (χ4n) is 1.25. The number of rotatable bonds is 6. The summed E-state index contributed by atoms with van der Waals surface area (Å²) in [6, 6.07) is 0.399. The number of aromatic nitrogens is 1. The maximum Gasteiger partial charge on any atom is 0.360 e. The van der Waals surface area contributed by atoms with E-state index in [4.69, 9.17) is 14.9 Å². The zero-order chi connectivity index (χ0) is 12.0. The van der Waals surface area contributed by atoms with Gasteiger partial charge in [0.2, 0.25) is 0 Å². The molecule has 90 valence electrons. The van der Waals surface area contributed by atoms with Crippen molar-refractivity contribution in [2.75, 3.05) is 31.1 Å². The first-order valence-corrected chi connectivity index (χ1v) is 5.30. The summed E-state index contributed by atoms with van der Waals surface area (Å²) < 4.78 is 10.0. The molecule has 0 fully saturated rings. The van der Waals surface area contributed by atoms with Crippen molar-refractivity contribution in [3.05, 3.63) is 12.0 Å². The van der Waals surface area contributed by atoms with Gasteiger partial charge in [0, 0.05) is 19.6 Å². The zero-order valence-corrected chi connectivity index (χ0v) is 9.60. The minimum Gasteiger partial charge on any atom is -0.461 e. The van der Waals surface area contributed by atoms with Crippen LogP contribution < -0.4 is 10.6 Å². The molecule has 0 saturated carbocycles. The van der Waals surface area contributed by atoms with Crippen molar-refractivity contribution in [1.29, 1.82) is 0 Å². The summed E-state index contributed by atoms with van der Waals surface area (Å²) in [5.74, 6) is -0.471. The van der Waals surface area contributed by atoms with E-state index >= 15 is 0 Å². The Bertz CT molecular complexity index is 338. The highest BCUT2D eigenvalue weighted by molar-refractivity contribution is 5.87. The van der Waals surface area contributed by atoms with Gasteiger partial charge in [-0.3, -0.25) is 0 Å². The summed E-state index contributed by atoms with van der Waals surface area (Å²) in [6.07, 6.45) is 1.30. The second kappa shape index (κ2) is 6.12. The monoisotopic (exact) mass is 227 g/mol. The van der Waals surface area contributed by atoms with E-state index in [1.165, 1.54) is 6.26 Å². The van der Waals surface area contributed by atoms with Gasteiger partial charge in [-0.1, -0.05) is 0 Å². The number of carbonyl (C=O) groups excluding carboxylic acids is 1. The average molecular weight is 227 g/mol. The van der Waals surface area contributed by atoms with Gasteiger partial charge in [0.1, 0.15) is 6.26 Å². The SMILES string of the molecule is CCOC(=O)c1coc(N(CC)CCN)n1. The van der Waals surface area contributed by atoms with Crippen molar-refractivity contribution < 1.29 is 13.9 Å². The van der Waals surface area contributed by atoms with E-state index in [9.17, 15) is 4.79 Å². The normalized spacial score (nSPS) is 10.2. The van der Waals surface area contributed by atoms with Crippen LogP contribution in [0.5, 0.6) is 0 Å². The first-order chi connectivity index (χ1) is 7.72. The molecule has 0 saturated heterocycles. The lowest BCUT2D eigenvalue weighted by Crippen LogP contribution is -2.29. The lowest BCUT2D eigenvalue weighted by Gasteiger charge is -2.16. The lowest BCUT2D eigenvalue weighted by molar-refractivity contribution is 0.0519. The van der Waals surface area contributed by atoms with Crippen LogP contribution in [0.2, 0.25) is 0 Å². The molecule has 2 N–H and O–H groups in total. The third kappa shape index (κ3) is 2.96. The highest BCUT2D eigenvalue weighted by Gasteiger charge is 2.16. The Morgan fingerprint density at radius 2 is 2.38 bits per heavy atom. The summed E-state index contributed by atoms with van der Waals surface area (Å²) >= 11 is 0. The van der Waals surface area contributed by atoms with Crippen LogP contribution in [0.3, 0.4) is 0 Å². The van der Waals surface area contributed by atoms with Gasteiger partial charge in [-0.2, -0.15) is 4.98 Å². The zero-order valence-electron chi connectivity index (χ0n) is 9.60. The number of esters is 1. The van der Waals surface area contributed by atoms with E-state index in [2.05, 4.69) is 4.98 Å². The molecule has 6 nitrogen and oxygen atoms in total. The molecule has 6 heteroatoms. The predicted octanol–water partition coefficient (Wildman–Crippen LogP) is 0.636. The lowest BCUT2D eigenvalue weighted by atomic mass is 10.5. The molecule has 16 heavy (non-hydrogen) atoms. The Kier molecular flexibility index (Phi) is 4.78. The van der Waals surface area contributed by atoms with Crippen LogP contribution in [-0.2, 0) is 4.74 Å². The molecular formula is C10H17N3O3. The molecule has 0 spiro atoms. The summed E-state index contributed by atoms with van der Waals surface area (Å²) in [5, 5.41) is 0. The Balaban J connectivity index is 2.72. The van der Waals surface area contributed by atoms with E-state index in [0.29, 0.717) is 25.7 Å². The minimum atomic E-state index is -0.471. The molecule has 0 atom stereocenters. The smallest absolute Gasteiger partial charge is 0.360 e. The molecule has 0 aliphatic rings. The second-order valence-electron chi connectivity index (χ2n) is 3.10. The van der Waals surface area contributed by atoms with Gasteiger partial charge in [-0.25, -0.2) is 4.79 Å². The molecule has 1 aromatic heterocycles.